The molecular formula is C30H33NO9. The molecule has 0 fully saturated rings. The second-order valence-corrected chi connectivity index (χ2v) is 8.85. The zero-order valence-corrected chi connectivity index (χ0v) is 23.1. The summed E-state index contributed by atoms with van der Waals surface area (Å²) in [6, 6.07) is 18.0. The Bertz CT molecular complexity index is 1300. The standard InChI is InChI=1S/C30H33NO9/c1-19(17-24(33)27-29(38-18-37-21(3)32)26(36-5)15-16-31-27)30(34)39-20(2)28(40-22-11-7-6-8-12-22)23-13-9-10-14-25(23)35-4/h6-16,19-20,28H,17-18H2,1-5H3/t19-,20+,28+/m1/s1. The quantitative estimate of drug-likeness (QED) is 0.154. The number of benzene rings is 2. The maximum Gasteiger partial charge on any atom is 0.309 e. The number of hydrogen-bond acceptors (Lipinski definition) is 10. The summed E-state index contributed by atoms with van der Waals surface area (Å²) in [6.07, 6.45) is -0.255. The molecule has 212 valence electrons. The highest BCUT2D eigenvalue weighted by atomic mass is 16.7. The van der Waals surface area contributed by atoms with Crippen LogP contribution in [0.25, 0.3) is 0 Å². The van der Waals surface area contributed by atoms with E-state index in [1.807, 2.05) is 36.4 Å². The number of pyridine rings is 1. The fraction of sp³-hybridized carbons (Fsp3) is 0.333. The van der Waals surface area contributed by atoms with Crippen molar-refractivity contribution in [1.29, 1.82) is 0 Å². The van der Waals surface area contributed by atoms with Crippen LogP contribution in [0.4, 0.5) is 0 Å². The van der Waals surface area contributed by atoms with Crippen molar-refractivity contribution in [2.45, 2.75) is 39.4 Å². The highest BCUT2D eigenvalue weighted by molar-refractivity contribution is 5.99. The summed E-state index contributed by atoms with van der Waals surface area (Å²) in [7, 11) is 2.96. The number of nitrogens with zero attached hydrogens (tertiary/aromatic N) is 1. The number of ether oxygens (including phenoxy) is 6. The van der Waals surface area contributed by atoms with Crippen LogP contribution in [-0.4, -0.2) is 49.8 Å². The number of ketones is 1. The first-order valence-corrected chi connectivity index (χ1v) is 12.6. The van der Waals surface area contributed by atoms with E-state index in [1.165, 1.54) is 26.3 Å². The van der Waals surface area contributed by atoms with Crippen molar-refractivity contribution in [2.24, 2.45) is 5.92 Å². The van der Waals surface area contributed by atoms with Gasteiger partial charge in [-0.15, -0.1) is 0 Å². The van der Waals surface area contributed by atoms with E-state index in [2.05, 4.69) is 4.98 Å². The molecule has 1 heterocycles. The molecule has 3 rings (SSSR count). The summed E-state index contributed by atoms with van der Waals surface area (Å²) >= 11 is 0. The largest absolute Gasteiger partial charge is 0.496 e. The van der Waals surface area contributed by atoms with Crippen LogP contribution in [0.15, 0.2) is 66.9 Å². The molecule has 0 aliphatic heterocycles. The summed E-state index contributed by atoms with van der Waals surface area (Å²) in [6.45, 7) is 4.10. The minimum atomic E-state index is -0.820. The van der Waals surface area contributed by atoms with Crippen LogP contribution in [0.2, 0.25) is 0 Å². The van der Waals surface area contributed by atoms with Crippen molar-refractivity contribution in [3.63, 3.8) is 0 Å². The van der Waals surface area contributed by atoms with E-state index < -0.39 is 42.6 Å². The molecule has 0 N–H and O–H groups in total. The minimum Gasteiger partial charge on any atom is -0.496 e. The molecule has 0 spiro atoms. The highest BCUT2D eigenvalue weighted by Crippen LogP contribution is 2.34. The van der Waals surface area contributed by atoms with Crippen molar-refractivity contribution in [1.82, 2.24) is 4.98 Å². The summed E-state index contributed by atoms with van der Waals surface area (Å²) in [5.41, 5.74) is 0.645. The van der Waals surface area contributed by atoms with Crippen molar-refractivity contribution >= 4 is 17.7 Å². The van der Waals surface area contributed by atoms with Crippen LogP contribution >= 0.6 is 0 Å². The summed E-state index contributed by atoms with van der Waals surface area (Å²) < 4.78 is 33.1. The van der Waals surface area contributed by atoms with Crippen molar-refractivity contribution < 1.29 is 42.8 Å². The van der Waals surface area contributed by atoms with Gasteiger partial charge in [0.1, 0.15) is 17.6 Å². The number of para-hydroxylation sites is 2. The van der Waals surface area contributed by atoms with Gasteiger partial charge in [-0.3, -0.25) is 14.4 Å². The van der Waals surface area contributed by atoms with Gasteiger partial charge in [0.05, 0.1) is 20.1 Å². The average Bonchev–Trinajstić information content (AvgIpc) is 2.96. The van der Waals surface area contributed by atoms with E-state index in [4.69, 9.17) is 28.4 Å². The van der Waals surface area contributed by atoms with Crippen LogP contribution in [0, 0.1) is 5.92 Å². The lowest BCUT2D eigenvalue weighted by molar-refractivity contribution is -0.157. The Hall–Kier alpha value is -4.60. The number of carbonyl (C=O) groups is 3. The summed E-state index contributed by atoms with van der Waals surface area (Å²) in [5.74, 6) is -1.03. The molecule has 2 aromatic carbocycles. The van der Waals surface area contributed by atoms with Gasteiger partial charge in [0, 0.05) is 31.2 Å². The second kappa shape index (κ2) is 14.5. The Morgan fingerprint density at radius 2 is 1.55 bits per heavy atom. The molecule has 0 saturated heterocycles. The Morgan fingerprint density at radius 1 is 0.875 bits per heavy atom. The van der Waals surface area contributed by atoms with Gasteiger partial charge in [0.2, 0.25) is 6.79 Å². The molecule has 3 aromatic rings. The number of hydrogen-bond donors (Lipinski definition) is 0. The topological polar surface area (TPSA) is 119 Å². The number of Topliss-reactive ketones (excluding diaryl/α,β-unsaturated/α-hetero) is 1. The maximum atomic E-state index is 13.2. The first-order chi connectivity index (χ1) is 19.2. The van der Waals surface area contributed by atoms with E-state index in [0.717, 1.165) is 0 Å². The van der Waals surface area contributed by atoms with Gasteiger partial charge < -0.3 is 28.4 Å². The Labute approximate surface area is 233 Å². The first kappa shape index (κ1) is 29.9. The number of aromatic nitrogens is 1. The number of esters is 2. The third kappa shape index (κ3) is 7.95. The normalized spacial score (nSPS) is 12.8. The van der Waals surface area contributed by atoms with E-state index >= 15 is 0 Å². The van der Waals surface area contributed by atoms with Gasteiger partial charge in [-0.25, -0.2) is 4.98 Å². The average molecular weight is 552 g/mol. The summed E-state index contributed by atoms with van der Waals surface area (Å²) in [5, 5.41) is 0. The van der Waals surface area contributed by atoms with E-state index in [9.17, 15) is 14.4 Å². The maximum absolute atomic E-state index is 13.2. The van der Waals surface area contributed by atoms with Crippen molar-refractivity contribution in [2.75, 3.05) is 21.0 Å². The van der Waals surface area contributed by atoms with Gasteiger partial charge in [-0.05, 0) is 25.1 Å². The third-order valence-electron chi connectivity index (χ3n) is 5.89. The van der Waals surface area contributed by atoms with Crippen molar-refractivity contribution in [3.8, 4) is 23.0 Å². The van der Waals surface area contributed by atoms with Gasteiger partial charge in [0.25, 0.3) is 0 Å². The van der Waals surface area contributed by atoms with Crippen molar-refractivity contribution in [3.05, 3.63) is 78.1 Å². The van der Waals surface area contributed by atoms with E-state index in [1.54, 1.807) is 39.2 Å². The number of methoxy groups -OCH3 is 2. The zero-order valence-electron chi connectivity index (χ0n) is 23.1. The van der Waals surface area contributed by atoms with Gasteiger partial charge in [-0.2, -0.15) is 0 Å². The fourth-order valence-electron chi connectivity index (χ4n) is 3.88. The molecule has 0 bridgehead atoms. The Kier molecular flexibility index (Phi) is 10.9. The zero-order chi connectivity index (χ0) is 29.1. The molecule has 10 heteroatoms. The molecule has 0 aliphatic rings. The van der Waals surface area contributed by atoms with Gasteiger partial charge in [-0.1, -0.05) is 43.3 Å². The Morgan fingerprint density at radius 3 is 2.23 bits per heavy atom. The molecule has 3 atom stereocenters. The van der Waals surface area contributed by atoms with E-state index in [-0.39, 0.29) is 23.6 Å². The lowest BCUT2D eigenvalue weighted by Gasteiger charge is -2.27. The highest BCUT2D eigenvalue weighted by Gasteiger charge is 2.31. The fourth-order valence-corrected chi connectivity index (χ4v) is 3.88. The van der Waals surface area contributed by atoms with E-state index in [0.29, 0.717) is 17.1 Å². The predicted molar refractivity (Wildman–Crippen MR) is 145 cm³/mol. The number of rotatable bonds is 14. The van der Waals surface area contributed by atoms with Crippen LogP contribution in [0.1, 0.15) is 49.3 Å². The number of carbonyl (C=O) groups excluding carboxylic acids is 3. The lowest BCUT2D eigenvalue weighted by atomic mass is 10.0. The molecule has 0 radical (unpaired) electrons. The monoisotopic (exact) mass is 551 g/mol. The molecular weight excluding hydrogens is 518 g/mol. The second-order valence-electron chi connectivity index (χ2n) is 8.85. The van der Waals surface area contributed by atoms with Crippen LogP contribution in [-0.2, 0) is 19.1 Å². The molecule has 40 heavy (non-hydrogen) atoms. The minimum absolute atomic E-state index is 0.0117. The summed E-state index contributed by atoms with van der Waals surface area (Å²) in [4.78, 5) is 41.5. The Balaban J connectivity index is 1.75. The van der Waals surface area contributed by atoms with Gasteiger partial charge in [0.15, 0.2) is 29.1 Å². The predicted octanol–water partition coefficient (Wildman–Crippen LogP) is 4.96. The first-order valence-electron chi connectivity index (χ1n) is 12.6. The van der Waals surface area contributed by atoms with Crippen LogP contribution < -0.4 is 18.9 Å². The van der Waals surface area contributed by atoms with Crippen LogP contribution in [0.5, 0.6) is 23.0 Å². The SMILES string of the molecule is COc1ccccc1[C@@H](Oc1ccccc1)[C@H](C)OC(=O)[C@H](C)CC(=O)c1nccc(OC)c1OCOC(C)=O. The third-order valence-corrected chi connectivity index (χ3v) is 5.89. The molecule has 0 saturated carbocycles. The van der Waals surface area contributed by atoms with Crippen LogP contribution in [0.3, 0.4) is 0 Å². The molecule has 1 aromatic heterocycles. The lowest BCUT2D eigenvalue weighted by Crippen LogP contribution is -2.30. The molecule has 0 amide bonds. The molecule has 0 unspecified atom stereocenters. The smallest absolute Gasteiger partial charge is 0.309 e. The molecule has 10 nitrogen and oxygen atoms in total. The molecule has 0 aliphatic carbocycles. The van der Waals surface area contributed by atoms with Gasteiger partial charge >= 0.3 is 11.9 Å².